The Hall–Kier alpha value is -1.50. The molecule has 114 valence electrons. The number of esters is 1. The van der Waals surface area contributed by atoms with E-state index >= 15 is 0 Å². The molecule has 2 aromatic heterocycles. The lowest BCUT2D eigenvalue weighted by atomic mass is 10.2. The highest BCUT2D eigenvalue weighted by atomic mass is 35.5. The highest BCUT2D eigenvalue weighted by molar-refractivity contribution is 6.34. The predicted octanol–water partition coefficient (Wildman–Crippen LogP) is 1.61. The Morgan fingerprint density at radius 1 is 1.43 bits per heavy atom. The van der Waals surface area contributed by atoms with Gasteiger partial charge in [-0.3, -0.25) is 4.40 Å². The second-order valence-electron chi connectivity index (χ2n) is 4.61. The molecule has 3 rings (SSSR count). The first-order valence-corrected chi connectivity index (χ1v) is 6.78. The minimum absolute atomic E-state index is 0. The fourth-order valence-electron chi connectivity index (χ4n) is 2.50. The summed E-state index contributed by atoms with van der Waals surface area (Å²) in [5.74, 6) is 0.395. The molecule has 0 aromatic carbocycles. The number of carbonyl (C=O) groups is 1. The van der Waals surface area contributed by atoms with E-state index in [1.165, 1.54) is 7.11 Å². The summed E-state index contributed by atoms with van der Waals surface area (Å²) in [6.07, 6.45) is 3.36. The number of anilines is 1. The first-order chi connectivity index (χ1) is 9.72. The van der Waals surface area contributed by atoms with E-state index in [0.29, 0.717) is 10.6 Å². The fraction of sp³-hybridized carbons (Fsp3) is 0.385. The summed E-state index contributed by atoms with van der Waals surface area (Å²) in [5, 5.41) is 3.78. The minimum atomic E-state index is -0.393. The first-order valence-electron chi connectivity index (χ1n) is 6.41. The van der Waals surface area contributed by atoms with Crippen LogP contribution in [0.3, 0.4) is 0 Å². The van der Waals surface area contributed by atoms with E-state index in [0.717, 1.165) is 37.5 Å². The Kier molecular flexibility index (Phi) is 4.92. The number of fused-ring (bicyclic) bond motifs is 1. The Morgan fingerprint density at radius 2 is 2.14 bits per heavy atom. The molecule has 0 atom stereocenters. The SMILES string of the molecule is COC(=O)c1cc(Cl)c2cncn2c1N1CCNCC1.Cl. The van der Waals surface area contributed by atoms with Crippen LogP contribution in [0.2, 0.25) is 5.02 Å². The van der Waals surface area contributed by atoms with Crippen molar-refractivity contribution in [2.24, 2.45) is 0 Å². The summed E-state index contributed by atoms with van der Waals surface area (Å²) >= 11 is 6.22. The van der Waals surface area contributed by atoms with Gasteiger partial charge in [0.2, 0.25) is 0 Å². The van der Waals surface area contributed by atoms with Gasteiger partial charge in [-0.15, -0.1) is 12.4 Å². The number of rotatable bonds is 2. The van der Waals surface area contributed by atoms with Gasteiger partial charge < -0.3 is 15.0 Å². The number of nitrogens with zero attached hydrogens (tertiary/aromatic N) is 3. The summed E-state index contributed by atoms with van der Waals surface area (Å²) in [7, 11) is 1.37. The Bertz CT molecular complexity index is 653. The maximum absolute atomic E-state index is 12.0. The standard InChI is InChI=1S/C13H15ClN4O2.ClH/c1-20-13(19)9-6-10(14)11-7-16-8-18(11)12(9)17-4-2-15-3-5-17;/h6-8,15H,2-5H2,1H3;1H. The lowest BCUT2D eigenvalue weighted by Gasteiger charge is -2.31. The van der Waals surface area contributed by atoms with E-state index in [1.54, 1.807) is 18.6 Å². The monoisotopic (exact) mass is 330 g/mol. The van der Waals surface area contributed by atoms with Crippen molar-refractivity contribution >= 4 is 41.3 Å². The van der Waals surface area contributed by atoms with Gasteiger partial charge in [0.1, 0.15) is 17.7 Å². The van der Waals surface area contributed by atoms with Crippen LogP contribution < -0.4 is 10.2 Å². The molecule has 1 aliphatic rings. The van der Waals surface area contributed by atoms with E-state index in [1.807, 2.05) is 4.40 Å². The summed E-state index contributed by atoms with van der Waals surface area (Å²) in [5.41, 5.74) is 1.25. The molecule has 1 fully saturated rings. The van der Waals surface area contributed by atoms with Crippen LogP contribution in [-0.4, -0.2) is 48.6 Å². The van der Waals surface area contributed by atoms with Crippen molar-refractivity contribution in [2.45, 2.75) is 0 Å². The molecular formula is C13H16Cl2N4O2. The van der Waals surface area contributed by atoms with Crippen molar-refractivity contribution in [1.82, 2.24) is 14.7 Å². The second-order valence-corrected chi connectivity index (χ2v) is 5.01. The summed E-state index contributed by atoms with van der Waals surface area (Å²) in [4.78, 5) is 18.3. The molecule has 0 unspecified atom stereocenters. The molecule has 1 aliphatic heterocycles. The first kappa shape index (κ1) is 15.9. The van der Waals surface area contributed by atoms with Crippen LogP contribution in [0.25, 0.3) is 5.52 Å². The van der Waals surface area contributed by atoms with Gasteiger partial charge >= 0.3 is 5.97 Å². The maximum atomic E-state index is 12.0. The maximum Gasteiger partial charge on any atom is 0.341 e. The van der Waals surface area contributed by atoms with E-state index in [9.17, 15) is 4.79 Å². The lowest BCUT2D eigenvalue weighted by molar-refractivity contribution is 0.0601. The highest BCUT2D eigenvalue weighted by Crippen LogP contribution is 2.29. The van der Waals surface area contributed by atoms with E-state index < -0.39 is 5.97 Å². The van der Waals surface area contributed by atoms with Gasteiger partial charge in [0, 0.05) is 26.2 Å². The molecular weight excluding hydrogens is 315 g/mol. The quantitative estimate of drug-likeness (QED) is 0.848. The van der Waals surface area contributed by atoms with Gasteiger partial charge in [0.05, 0.1) is 23.8 Å². The van der Waals surface area contributed by atoms with Crippen LogP contribution >= 0.6 is 24.0 Å². The summed E-state index contributed by atoms with van der Waals surface area (Å²) in [6.45, 7) is 3.39. The van der Waals surface area contributed by atoms with Crippen LogP contribution in [0.15, 0.2) is 18.6 Å². The number of pyridine rings is 1. The third kappa shape index (κ3) is 2.79. The molecule has 0 aliphatic carbocycles. The van der Waals surface area contributed by atoms with Gasteiger partial charge in [-0.2, -0.15) is 0 Å². The third-order valence-electron chi connectivity index (χ3n) is 3.45. The zero-order valence-electron chi connectivity index (χ0n) is 11.5. The third-order valence-corrected chi connectivity index (χ3v) is 3.75. The fourth-order valence-corrected chi connectivity index (χ4v) is 2.74. The molecule has 0 amide bonds. The Labute approximate surface area is 133 Å². The number of nitrogens with one attached hydrogen (secondary N) is 1. The Balaban J connectivity index is 0.00000161. The molecule has 1 N–H and O–H groups in total. The van der Waals surface area contributed by atoms with Gasteiger partial charge in [-0.1, -0.05) is 11.6 Å². The van der Waals surface area contributed by atoms with Crippen LogP contribution in [0, 0.1) is 0 Å². The van der Waals surface area contributed by atoms with Crippen molar-refractivity contribution in [2.75, 3.05) is 38.2 Å². The smallest absolute Gasteiger partial charge is 0.341 e. The largest absolute Gasteiger partial charge is 0.465 e. The number of aromatic nitrogens is 2. The molecule has 0 bridgehead atoms. The number of ether oxygens (including phenoxy) is 1. The van der Waals surface area contributed by atoms with Crippen molar-refractivity contribution in [1.29, 1.82) is 0 Å². The number of imidazole rings is 1. The zero-order valence-corrected chi connectivity index (χ0v) is 13.1. The van der Waals surface area contributed by atoms with Gasteiger partial charge in [-0.05, 0) is 6.07 Å². The average molecular weight is 331 g/mol. The topological polar surface area (TPSA) is 58.9 Å². The van der Waals surface area contributed by atoms with Crippen molar-refractivity contribution in [3.05, 3.63) is 29.2 Å². The molecule has 3 heterocycles. The van der Waals surface area contributed by atoms with Gasteiger partial charge in [-0.25, -0.2) is 9.78 Å². The molecule has 0 saturated carbocycles. The highest BCUT2D eigenvalue weighted by Gasteiger charge is 2.23. The van der Waals surface area contributed by atoms with Crippen molar-refractivity contribution < 1.29 is 9.53 Å². The van der Waals surface area contributed by atoms with Crippen molar-refractivity contribution in [3.8, 4) is 0 Å². The summed E-state index contributed by atoms with van der Waals surface area (Å²) < 4.78 is 6.72. The minimum Gasteiger partial charge on any atom is -0.465 e. The van der Waals surface area contributed by atoms with E-state index in [4.69, 9.17) is 16.3 Å². The number of halogens is 2. The molecule has 2 aromatic rings. The second kappa shape index (κ2) is 6.51. The number of hydrogen-bond donors (Lipinski definition) is 1. The number of hydrogen-bond acceptors (Lipinski definition) is 5. The molecule has 21 heavy (non-hydrogen) atoms. The molecule has 8 heteroatoms. The molecule has 6 nitrogen and oxygen atoms in total. The normalized spacial score (nSPS) is 14.9. The molecule has 0 radical (unpaired) electrons. The zero-order chi connectivity index (χ0) is 14.1. The van der Waals surface area contributed by atoms with Crippen LogP contribution in [0.1, 0.15) is 10.4 Å². The van der Waals surface area contributed by atoms with Gasteiger partial charge in [0.15, 0.2) is 0 Å². The number of piperazine rings is 1. The lowest BCUT2D eigenvalue weighted by Crippen LogP contribution is -2.44. The van der Waals surface area contributed by atoms with Crippen LogP contribution in [-0.2, 0) is 4.74 Å². The number of carbonyl (C=O) groups excluding carboxylic acids is 1. The van der Waals surface area contributed by atoms with E-state index in [2.05, 4.69) is 15.2 Å². The number of methoxy groups -OCH3 is 1. The van der Waals surface area contributed by atoms with Gasteiger partial charge in [0.25, 0.3) is 0 Å². The van der Waals surface area contributed by atoms with Crippen LogP contribution in [0.4, 0.5) is 5.82 Å². The van der Waals surface area contributed by atoms with E-state index in [-0.39, 0.29) is 12.4 Å². The average Bonchev–Trinajstić information content (AvgIpc) is 2.97. The molecule has 0 spiro atoms. The Morgan fingerprint density at radius 3 is 2.81 bits per heavy atom. The molecule has 1 saturated heterocycles. The van der Waals surface area contributed by atoms with Crippen molar-refractivity contribution in [3.63, 3.8) is 0 Å². The predicted molar refractivity (Wildman–Crippen MR) is 83.9 cm³/mol. The van der Waals surface area contributed by atoms with Crippen LogP contribution in [0.5, 0.6) is 0 Å². The summed E-state index contributed by atoms with van der Waals surface area (Å²) in [6, 6.07) is 1.65.